The maximum absolute atomic E-state index is 8.62. The Morgan fingerprint density at radius 2 is 1.67 bits per heavy atom. The first-order valence-corrected chi connectivity index (χ1v) is 6.04. The molecule has 0 aromatic heterocycles. The van der Waals surface area contributed by atoms with Crippen LogP contribution >= 0.6 is 0 Å². The molecule has 2 rings (SSSR count). The van der Waals surface area contributed by atoms with Crippen molar-refractivity contribution in [1.29, 1.82) is 0 Å². The maximum atomic E-state index is 8.62. The predicted molar refractivity (Wildman–Crippen MR) is 65.1 cm³/mol. The first kappa shape index (κ1) is 13.1. The van der Waals surface area contributed by atoms with Crippen LogP contribution in [0.5, 0.6) is 11.5 Å². The zero-order valence-corrected chi connectivity index (χ0v) is 10.2. The van der Waals surface area contributed by atoms with Gasteiger partial charge in [0, 0.05) is 0 Å². The van der Waals surface area contributed by atoms with Crippen molar-refractivity contribution in [3.05, 3.63) is 24.3 Å². The molecule has 0 saturated carbocycles. The molecular formula is C13H18O5. The molecule has 0 spiro atoms. The van der Waals surface area contributed by atoms with Crippen molar-refractivity contribution in [3.63, 3.8) is 0 Å². The summed E-state index contributed by atoms with van der Waals surface area (Å²) in [6, 6.07) is 7.28. The van der Waals surface area contributed by atoms with Crippen LogP contribution in [0.2, 0.25) is 0 Å². The molecule has 1 atom stereocenters. The van der Waals surface area contributed by atoms with E-state index in [1.165, 1.54) is 0 Å². The van der Waals surface area contributed by atoms with Gasteiger partial charge in [0.2, 0.25) is 0 Å². The van der Waals surface area contributed by atoms with Crippen molar-refractivity contribution in [2.45, 2.75) is 6.10 Å². The van der Waals surface area contributed by atoms with E-state index < -0.39 is 0 Å². The lowest BCUT2D eigenvalue weighted by Gasteiger charge is -2.08. The second-order valence-corrected chi connectivity index (χ2v) is 3.92. The van der Waals surface area contributed by atoms with Crippen molar-refractivity contribution in [1.82, 2.24) is 0 Å². The molecule has 1 N–H and O–H groups in total. The highest BCUT2D eigenvalue weighted by molar-refractivity contribution is 5.31. The second-order valence-electron chi connectivity index (χ2n) is 3.92. The Bertz CT molecular complexity index is 334. The molecule has 5 heteroatoms. The molecule has 5 nitrogen and oxygen atoms in total. The number of epoxide rings is 1. The van der Waals surface area contributed by atoms with Crippen LogP contribution < -0.4 is 9.47 Å². The Morgan fingerprint density at radius 1 is 1.06 bits per heavy atom. The van der Waals surface area contributed by atoms with E-state index in [2.05, 4.69) is 0 Å². The fourth-order valence-corrected chi connectivity index (χ4v) is 1.39. The van der Waals surface area contributed by atoms with E-state index in [1.54, 1.807) is 0 Å². The van der Waals surface area contributed by atoms with E-state index in [9.17, 15) is 0 Å². The van der Waals surface area contributed by atoms with Gasteiger partial charge >= 0.3 is 0 Å². The summed E-state index contributed by atoms with van der Waals surface area (Å²) in [5, 5.41) is 8.62. The number of aliphatic hydroxyl groups is 1. The molecular weight excluding hydrogens is 236 g/mol. The standard InChI is InChI=1S/C13H18O5/c14-5-6-16-11-1-3-12(4-2-11)17-8-7-15-9-13-10-18-13/h1-4,13-14H,5-10H2. The van der Waals surface area contributed by atoms with Crippen LogP contribution in [0.1, 0.15) is 0 Å². The summed E-state index contributed by atoms with van der Waals surface area (Å²) in [5.74, 6) is 1.50. The first-order valence-electron chi connectivity index (χ1n) is 6.04. The highest BCUT2D eigenvalue weighted by Crippen LogP contribution is 2.17. The third-order valence-corrected chi connectivity index (χ3v) is 2.39. The quantitative estimate of drug-likeness (QED) is 0.523. The van der Waals surface area contributed by atoms with Crippen molar-refractivity contribution >= 4 is 0 Å². The van der Waals surface area contributed by atoms with Crippen molar-refractivity contribution in [2.75, 3.05) is 39.6 Å². The average Bonchev–Trinajstić information content (AvgIpc) is 3.21. The van der Waals surface area contributed by atoms with Gasteiger partial charge in [0.05, 0.1) is 26.4 Å². The van der Waals surface area contributed by atoms with Crippen LogP contribution in [0, 0.1) is 0 Å². The molecule has 18 heavy (non-hydrogen) atoms. The van der Waals surface area contributed by atoms with E-state index in [-0.39, 0.29) is 6.61 Å². The van der Waals surface area contributed by atoms with E-state index in [1.807, 2.05) is 24.3 Å². The first-order chi connectivity index (χ1) is 8.88. The summed E-state index contributed by atoms with van der Waals surface area (Å²) in [6.45, 7) is 2.86. The SMILES string of the molecule is OCCOc1ccc(OCCOCC2CO2)cc1. The van der Waals surface area contributed by atoms with E-state index in [0.717, 1.165) is 18.1 Å². The molecule has 1 fully saturated rings. The van der Waals surface area contributed by atoms with Crippen LogP contribution in [-0.2, 0) is 9.47 Å². The number of hydrogen-bond acceptors (Lipinski definition) is 5. The van der Waals surface area contributed by atoms with Crippen LogP contribution in [-0.4, -0.2) is 50.9 Å². The highest BCUT2D eigenvalue weighted by atomic mass is 16.6. The van der Waals surface area contributed by atoms with Crippen molar-refractivity contribution in [3.8, 4) is 11.5 Å². The molecule has 0 bridgehead atoms. The molecule has 1 aliphatic rings. The molecule has 1 saturated heterocycles. The Morgan fingerprint density at radius 3 is 2.22 bits per heavy atom. The number of hydrogen-bond donors (Lipinski definition) is 1. The lowest BCUT2D eigenvalue weighted by Crippen LogP contribution is -2.10. The predicted octanol–water partition coefficient (Wildman–Crippen LogP) is 0.852. The Labute approximate surface area is 106 Å². The van der Waals surface area contributed by atoms with Gasteiger partial charge in [-0.15, -0.1) is 0 Å². The molecule has 1 aliphatic heterocycles. The van der Waals surface area contributed by atoms with Crippen LogP contribution in [0.25, 0.3) is 0 Å². The van der Waals surface area contributed by atoms with Crippen LogP contribution in [0.3, 0.4) is 0 Å². The van der Waals surface area contributed by atoms with Gasteiger partial charge in [-0.3, -0.25) is 0 Å². The van der Waals surface area contributed by atoms with Gasteiger partial charge in [-0.1, -0.05) is 0 Å². The van der Waals surface area contributed by atoms with Gasteiger partial charge in [0.1, 0.15) is 30.8 Å². The van der Waals surface area contributed by atoms with Gasteiger partial charge < -0.3 is 24.1 Å². The molecule has 1 aromatic rings. The Kier molecular flexibility index (Phi) is 5.26. The van der Waals surface area contributed by atoms with E-state index in [0.29, 0.717) is 32.5 Å². The van der Waals surface area contributed by atoms with Crippen LogP contribution in [0.15, 0.2) is 24.3 Å². The van der Waals surface area contributed by atoms with E-state index >= 15 is 0 Å². The summed E-state index contributed by atoms with van der Waals surface area (Å²) in [7, 11) is 0. The molecule has 100 valence electrons. The Hall–Kier alpha value is -1.30. The highest BCUT2D eigenvalue weighted by Gasteiger charge is 2.21. The number of aliphatic hydroxyl groups excluding tert-OH is 1. The zero-order chi connectivity index (χ0) is 12.6. The third kappa shape index (κ3) is 4.91. The van der Waals surface area contributed by atoms with Crippen molar-refractivity contribution < 1.29 is 24.1 Å². The van der Waals surface area contributed by atoms with Gasteiger partial charge in [-0.2, -0.15) is 0 Å². The Balaban J connectivity index is 1.59. The van der Waals surface area contributed by atoms with Gasteiger partial charge in [-0.05, 0) is 24.3 Å². The number of rotatable bonds is 9. The monoisotopic (exact) mass is 254 g/mol. The maximum Gasteiger partial charge on any atom is 0.119 e. The average molecular weight is 254 g/mol. The molecule has 0 radical (unpaired) electrons. The minimum Gasteiger partial charge on any atom is -0.491 e. The lowest BCUT2D eigenvalue weighted by atomic mass is 10.3. The minimum absolute atomic E-state index is 0.0142. The van der Waals surface area contributed by atoms with Crippen molar-refractivity contribution in [2.24, 2.45) is 0 Å². The van der Waals surface area contributed by atoms with Crippen LogP contribution in [0.4, 0.5) is 0 Å². The van der Waals surface area contributed by atoms with E-state index in [4.69, 9.17) is 24.1 Å². The number of ether oxygens (including phenoxy) is 4. The molecule has 0 amide bonds. The third-order valence-electron chi connectivity index (χ3n) is 2.39. The normalized spacial score (nSPS) is 17.5. The summed E-state index contributed by atoms with van der Waals surface area (Å²) in [4.78, 5) is 0. The molecule has 0 aliphatic carbocycles. The van der Waals surface area contributed by atoms with Gasteiger partial charge in [-0.25, -0.2) is 0 Å². The lowest BCUT2D eigenvalue weighted by molar-refractivity contribution is 0.0878. The summed E-state index contributed by atoms with van der Waals surface area (Å²) < 4.78 is 21.1. The largest absolute Gasteiger partial charge is 0.491 e. The van der Waals surface area contributed by atoms with Gasteiger partial charge in [0.25, 0.3) is 0 Å². The summed E-state index contributed by atoms with van der Waals surface area (Å²) >= 11 is 0. The minimum atomic E-state index is 0.0142. The fraction of sp³-hybridized carbons (Fsp3) is 0.538. The summed E-state index contributed by atoms with van der Waals surface area (Å²) in [6.07, 6.45) is 0.299. The molecule has 1 heterocycles. The number of benzene rings is 1. The molecule has 1 unspecified atom stereocenters. The zero-order valence-electron chi connectivity index (χ0n) is 10.2. The molecule has 1 aromatic carbocycles. The fourth-order valence-electron chi connectivity index (χ4n) is 1.39. The summed E-state index contributed by atoms with van der Waals surface area (Å²) in [5.41, 5.74) is 0. The topological polar surface area (TPSA) is 60.5 Å². The van der Waals surface area contributed by atoms with Gasteiger partial charge in [0.15, 0.2) is 0 Å². The smallest absolute Gasteiger partial charge is 0.119 e. The second kappa shape index (κ2) is 7.20.